The van der Waals surface area contributed by atoms with Crippen LogP contribution in [0.5, 0.6) is 0 Å². The van der Waals surface area contributed by atoms with Gasteiger partial charge in [0.05, 0.1) is 5.41 Å². The second kappa shape index (κ2) is 7.05. The first-order valence-electron chi connectivity index (χ1n) is 8.45. The standard InChI is InChI=1S/C20H21FN2O2/c1-14(24)22-15-7-6-8-16(13-15)23-19(25)20(11-4-5-12-20)17-9-2-3-10-18(17)21/h2-3,6-10,13H,4-5,11-12H2,1H3,(H,22,24)(H,23,25). The molecule has 5 heteroatoms. The topological polar surface area (TPSA) is 58.2 Å². The van der Waals surface area contributed by atoms with Crippen LogP contribution in [0.1, 0.15) is 38.2 Å². The molecular formula is C20H21FN2O2. The number of hydrogen-bond acceptors (Lipinski definition) is 2. The van der Waals surface area contributed by atoms with E-state index < -0.39 is 5.41 Å². The first kappa shape index (κ1) is 17.1. The van der Waals surface area contributed by atoms with Crippen LogP contribution in [-0.2, 0) is 15.0 Å². The van der Waals surface area contributed by atoms with Crippen LogP contribution in [0.15, 0.2) is 48.5 Å². The molecule has 0 aromatic heterocycles. The summed E-state index contributed by atoms with van der Waals surface area (Å²) in [6, 6.07) is 13.5. The lowest BCUT2D eigenvalue weighted by atomic mass is 9.77. The molecule has 25 heavy (non-hydrogen) atoms. The van der Waals surface area contributed by atoms with E-state index in [0.29, 0.717) is 29.8 Å². The van der Waals surface area contributed by atoms with Gasteiger partial charge in [-0.2, -0.15) is 0 Å². The molecule has 0 atom stereocenters. The minimum atomic E-state index is -0.838. The number of rotatable bonds is 4. The molecule has 2 aromatic carbocycles. The summed E-state index contributed by atoms with van der Waals surface area (Å²) in [6.45, 7) is 1.43. The minimum Gasteiger partial charge on any atom is -0.326 e. The summed E-state index contributed by atoms with van der Waals surface area (Å²) in [7, 11) is 0. The van der Waals surface area contributed by atoms with E-state index in [4.69, 9.17) is 0 Å². The lowest BCUT2D eigenvalue weighted by Gasteiger charge is -2.28. The Kier molecular flexibility index (Phi) is 4.83. The van der Waals surface area contributed by atoms with Gasteiger partial charge in [-0.25, -0.2) is 4.39 Å². The van der Waals surface area contributed by atoms with Crippen LogP contribution in [0.4, 0.5) is 15.8 Å². The first-order valence-corrected chi connectivity index (χ1v) is 8.45. The van der Waals surface area contributed by atoms with E-state index in [1.165, 1.54) is 13.0 Å². The van der Waals surface area contributed by atoms with Crippen molar-refractivity contribution >= 4 is 23.2 Å². The predicted octanol–water partition coefficient (Wildman–Crippen LogP) is 4.23. The maximum Gasteiger partial charge on any atom is 0.235 e. The summed E-state index contributed by atoms with van der Waals surface area (Å²) in [5.74, 6) is -0.719. The highest BCUT2D eigenvalue weighted by Crippen LogP contribution is 2.43. The third-order valence-corrected chi connectivity index (χ3v) is 4.72. The number of carbonyl (C=O) groups is 2. The van der Waals surface area contributed by atoms with Crippen LogP contribution in [0.2, 0.25) is 0 Å². The van der Waals surface area contributed by atoms with E-state index in [1.54, 1.807) is 42.5 Å². The molecule has 0 spiro atoms. The highest BCUT2D eigenvalue weighted by atomic mass is 19.1. The average molecular weight is 340 g/mol. The Hall–Kier alpha value is -2.69. The Labute approximate surface area is 146 Å². The van der Waals surface area contributed by atoms with Gasteiger partial charge < -0.3 is 10.6 Å². The SMILES string of the molecule is CC(=O)Nc1cccc(NC(=O)C2(c3ccccc3F)CCCC2)c1. The first-order chi connectivity index (χ1) is 12.0. The van der Waals surface area contributed by atoms with Crippen molar-refractivity contribution in [2.45, 2.75) is 38.0 Å². The van der Waals surface area contributed by atoms with Crippen molar-refractivity contribution in [3.63, 3.8) is 0 Å². The lowest BCUT2D eigenvalue weighted by molar-refractivity contribution is -0.121. The smallest absolute Gasteiger partial charge is 0.235 e. The van der Waals surface area contributed by atoms with Crippen molar-refractivity contribution in [3.05, 3.63) is 59.9 Å². The molecule has 1 aliphatic rings. The molecule has 0 bridgehead atoms. The van der Waals surface area contributed by atoms with Crippen molar-refractivity contribution in [1.82, 2.24) is 0 Å². The largest absolute Gasteiger partial charge is 0.326 e. The van der Waals surface area contributed by atoms with Crippen LogP contribution in [0, 0.1) is 5.82 Å². The molecule has 0 radical (unpaired) electrons. The highest BCUT2D eigenvalue weighted by molar-refractivity contribution is 6.00. The van der Waals surface area contributed by atoms with E-state index in [-0.39, 0.29) is 17.6 Å². The number of benzene rings is 2. The van der Waals surface area contributed by atoms with Gasteiger partial charge in [0.15, 0.2) is 0 Å². The number of amides is 2. The zero-order valence-corrected chi connectivity index (χ0v) is 14.1. The van der Waals surface area contributed by atoms with Crippen LogP contribution in [0.25, 0.3) is 0 Å². The van der Waals surface area contributed by atoms with Gasteiger partial charge >= 0.3 is 0 Å². The lowest BCUT2D eigenvalue weighted by Crippen LogP contribution is -2.38. The van der Waals surface area contributed by atoms with E-state index in [2.05, 4.69) is 10.6 Å². The molecule has 3 rings (SSSR count). The molecule has 2 aromatic rings. The van der Waals surface area contributed by atoms with Gasteiger partial charge in [0.25, 0.3) is 0 Å². The van der Waals surface area contributed by atoms with Crippen molar-refractivity contribution in [2.75, 3.05) is 10.6 Å². The fourth-order valence-electron chi connectivity index (χ4n) is 3.58. The fraction of sp³-hybridized carbons (Fsp3) is 0.300. The molecule has 1 fully saturated rings. The second-order valence-electron chi connectivity index (χ2n) is 6.49. The summed E-state index contributed by atoms with van der Waals surface area (Å²) < 4.78 is 14.4. The van der Waals surface area contributed by atoms with E-state index in [0.717, 1.165) is 12.8 Å². The maximum absolute atomic E-state index is 14.4. The van der Waals surface area contributed by atoms with E-state index >= 15 is 0 Å². The molecule has 4 nitrogen and oxygen atoms in total. The van der Waals surface area contributed by atoms with Gasteiger partial charge in [0.2, 0.25) is 11.8 Å². The van der Waals surface area contributed by atoms with Gasteiger partial charge in [-0.05, 0) is 37.1 Å². The fourth-order valence-corrected chi connectivity index (χ4v) is 3.58. The Balaban J connectivity index is 1.88. The monoisotopic (exact) mass is 340 g/mol. The van der Waals surface area contributed by atoms with Crippen molar-refractivity contribution < 1.29 is 14.0 Å². The van der Waals surface area contributed by atoms with Crippen molar-refractivity contribution in [3.8, 4) is 0 Å². The van der Waals surface area contributed by atoms with Crippen molar-refractivity contribution in [1.29, 1.82) is 0 Å². The third kappa shape index (κ3) is 3.55. The van der Waals surface area contributed by atoms with Crippen LogP contribution < -0.4 is 10.6 Å². The zero-order valence-electron chi connectivity index (χ0n) is 14.1. The summed E-state index contributed by atoms with van der Waals surface area (Å²) >= 11 is 0. The molecule has 0 aliphatic heterocycles. The number of nitrogens with one attached hydrogen (secondary N) is 2. The van der Waals surface area contributed by atoms with E-state index in [9.17, 15) is 14.0 Å². The van der Waals surface area contributed by atoms with Gasteiger partial charge in [-0.3, -0.25) is 9.59 Å². The number of hydrogen-bond donors (Lipinski definition) is 2. The minimum absolute atomic E-state index is 0.179. The summed E-state index contributed by atoms with van der Waals surface area (Å²) in [4.78, 5) is 24.2. The summed E-state index contributed by atoms with van der Waals surface area (Å²) in [5.41, 5.74) is 0.813. The molecule has 0 saturated heterocycles. The highest BCUT2D eigenvalue weighted by Gasteiger charge is 2.44. The van der Waals surface area contributed by atoms with Crippen molar-refractivity contribution in [2.24, 2.45) is 0 Å². The molecule has 0 unspecified atom stereocenters. The van der Waals surface area contributed by atoms with Gasteiger partial charge in [0.1, 0.15) is 5.82 Å². The molecule has 1 saturated carbocycles. The maximum atomic E-state index is 14.4. The molecule has 2 N–H and O–H groups in total. The molecule has 2 amide bonds. The van der Waals surface area contributed by atoms with E-state index in [1.807, 2.05) is 0 Å². The van der Waals surface area contributed by atoms with Crippen LogP contribution in [0.3, 0.4) is 0 Å². The normalized spacial score (nSPS) is 15.6. The Bertz CT molecular complexity index is 798. The predicted molar refractivity (Wildman–Crippen MR) is 95.9 cm³/mol. The Morgan fingerprint density at radius 1 is 0.960 bits per heavy atom. The average Bonchev–Trinajstić information content (AvgIpc) is 3.06. The Morgan fingerprint density at radius 2 is 1.60 bits per heavy atom. The third-order valence-electron chi connectivity index (χ3n) is 4.72. The van der Waals surface area contributed by atoms with Crippen LogP contribution >= 0.6 is 0 Å². The Morgan fingerprint density at radius 3 is 2.24 bits per heavy atom. The molecule has 0 heterocycles. The quantitative estimate of drug-likeness (QED) is 0.875. The van der Waals surface area contributed by atoms with Gasteiger partial charge in [-0.1, -0.05) is 37.1 Å². The van der Waals surface area contributed by atoms with Gasteiger partial charge in [0, 0.05) is 23.9 Å². The molecule has 130 valence electrons. The zero-order chi connectivity index (χ0) is 17.9. The summed E-state index contributed by atoms with van der Waals surface area (Å²) in [6.07, 6.45) is 3.05. The second-order valence-corrected chi connectivity index (χ2v) is 6.49. The number of anilines is 2. The molecular weight excluding hydrogens is 319 g/mol. The van der Waals surface area contributed by atoms with Gasteiger partial charge in [-0.15, -0.1) is 0 Å². The summed E-state index contributed by atoms with van der Waals surface area (Å²) in [5, 5.41) is 5.60. The number of halogens is 1. The number of carbonyl (C=O) groups excluding carboxylic acids is 2. The molecule has 1 aliphatic carbocycles. The van der Waals surface area contributed by atoms with Crippen LogP contribution in [-0.4, -0.2) is 11.8 Å².